The van der Waals surface area contributed by atoms with Gasteiger partial charge in [0.05, 0.1) is 16.6 Å². The van der Waals surface area contributed by atoms with Crippen molar-refractivity contribution in [1.29, 1.82) is 0 Å². The molecule has 0 aliphatic rings. The third kappa shape index (κ3) is 1.69. The normalized spacial score (nSPS) is 13.0. The van der Waals surface area contributed by atoms with E-state index in [-0.39, 0.29) is 6.04 Å². The highest BCUT2D eigenvalue weighted by Crippen LogP contribution is 2.31. The average molecular weight is 278 g/mol. The van der Waals surface area contributed by atoms with Crippen LogP contribution in [-0.2, 0) is 0 Å². The molecule has 3 rings (SSSR count). The Balaban J connectivity index is 2.23. The van der Waals surface area contributed by atoms with Crippen molar-refractivity contribution in [3.05, 3.63) is 45.6 Å². The highest BCUT2D eigenvalue weighted by atomic mass is 35.5. The van der Waals surface area contributed by atoms with Gasteiger partial charge in [0.25, 0.3) is 0 Å². The van der Waals surface area contributed by atoms with Crippen LogP contribution in [0.2, 0.25) is 5.02 Å². The predicted octanol–water partition coefficient (Wildman–Crippen LogP) is 3.94. The summed E-state index contributed by atoms with van der Waals surface area (Å²) in [7, 11) is 0. The number of halogens is 1. The fourth-order valence-corrected chi connectivity index (χ4v) is 3.15. The zero-order valence-electron chi connectivity index (χ0n) is 9.80. The van der Waals surface area contributed by atoms with Crippen LogP contribution in [-0.4, -0.2) is 9.55 Å². The lowest BCUT2D eigenvalue weighted by molar-refractivity contribution is 0.680. The number of nitrogens with zero attached hydrogens (tertiary/aromatic N) is 2. The average Bonchev–Trinajstić information content (AvgIpc) is 2.96. The molecule has 18 heavy (non-hydrogen) atoms. The van der Waals surface area contributed by atoms with E-state index in [1.54, 1.807) is 11.3 Å². The molecule has 1 unspecified atom stereocenters. The van der Waals surface area contributed by atoms with Crippen LogP contribution in [0.3, 0.4) is 0 Å². The highest BCUT2D eigenvalue weighted by Gasteiger charge is 2.17. The van der Waals surface area contributed by atoms with Crippen molar-refractivity contribution < 1.29 is 0 Å². The third-order valence-electron chi connectivity index (χ3n) is 3.04. The number of rotatable bonds is 2. The Morgan fingerprint density at radius 2 is 2.17 bits per heavy atom. The minimum Gasteiger partial charge on any atom is -0.369 e. The Morgan fingerprint density at radius 1 is 1.33 bits per heavy atom. The zero-order valence-corrected chi connectivity index (χ0v) is 11.4. The Morgan fingerprint density at radius 3 is 2.89 bits per heavy atom. The Kier molecular flexibility index (Phi) is 2.76. The van der Waals surface area contributed by atoms with Gasteiger partial charge >= 0.3 is 0 Å². The van der Waals surface area contributed by atoms with E-state index in [1.165, 1.54) is 4.88 Å². The van der Waals surface area contributed by atoms with Crippen LogP contribution >= 0.6 is 22.9 Å². The largest absolute Gasteiger partial charge is 0.369 e. The number of imidazole rings is 1. The molecule has 0 saturated carbocycles. The first-order valence-electron chi connectivity index (χ1n) is 5.64. The Bertz CT molecular complexity index is 688. The van der Waals surface area contributed by atoms with Crippen LogP contribution in [0.15, 0.2) is 35.7 Å². The van der Waals surface area contributed by atoms with Crippen LogP contribution < -0.4 is 5.73 Å². The van der Waals surface area contributed by atoms with Crippen molar-refractivity contribution in [2.24, 2.45) is 0 Å². The fourth-order valence-electron chi connectivity index (χ4n) is 2.16. The van der Waals surface area contributed by atoms with Crippen LogP contribution in [0.4, 0.5) is 5.95 Å². The summed E-state index contributed by atoms with van der Waals surface area (Å²) in [6, 6.07) is 10.0. The topological polar surface area (TPSA) is 43.8 Å². The number of para-hydroxylation sites is 1. The fraction of sp³-hybridized carbons (Fsp3) is 0.154. The van der Waals surface area contributed by atoms with Gasteiger partial charge < -0.3 is 10.3 Å². The molecule has 0 radical (unpaired) electrons. The SMILES string of the molecule is CC(c1cccs1)n1c(N)nc2c(Cl)cccc21. The summed E-state index contributed by atoms with van der Waals surface area (Å²) in [6.45, 7) is 2.12. The van der Waals surface area contributed by atoms with Gasteiger partial charge in [0, 0.05) is 4.88 Å². The van der Waals surface area contributed by atoms with E-state index in [1.807, 2.05) is 28.8 Å². The molecule has 2 N–H and O–H groups in total. The number of hydrogen-bond donors (Lipinski definition) is 1. The molecule has 5 heteroatoms. The summed E-state index contributed by atoms with van der Waals surface area (Å²) in [5.41, 5.74) is 7.76. The maximum atomic E-state index is 6.14. The molecule has 92 valence electrons. The molecule has 0 amide bonds. The first kappa shape index (κ1) is 11.6. The molecule has 2 heterocycles. The van der Waals surface area contributed by atoms with Gasteiger partial charge in [0.15, 0.2) is 0 Å². The number of thiophene rings is 1. The minimum absolute atomic E-state index is 0.161. The summed E-state index contributed by atoms with van der Waals surface area (Å²) in [5, 5.41) is 2.70. The lowest BCUT2D eigenvalue weighted by atomic mass is 10.2. The summed E-state index contributed by atoms with van der Waals surface area (Å²) >= 11 is 7.86. The van der Waals surface area contributed by atoms with E-state index in [4.69, 9.17) is 17.3 Å². The number of benzene rings is 1. The van der Waals surface area contributed by atoms with Crippen molar-refractivity contribution in [3.8, 4) is 0 Å². The van der Waals surface area contributed by atoms with Gasteiger partial charge in [0.2, 0.25) is 5.95 Å². The zero-order chi connectivity index (χ0) is 12.7. The van der Waals surface area contributed by atoms with Crippen LogP contribution in [0.25, 0.3) is 11.0 Å². The molecule has 0 aliphatic heterocycles. The standard InChI is InChI=1S/C13H12ClN3S/c1-8(11-6-3-7-18-11)17-10-5-2-4-9(14)12(10)16-13(17)15/h2-8H,1H3,(H2,15,16). The second kappa shape index (κ2) is 4.30. The van der Waals surface area contributed by atoms with Crippen LogP contribution in [0, 0.1) is 0 Å². The third-order valence-corrected chi connectivity index (χ3v) is 4.39. The van der Waals surface area contributed by atoms with Crippen molar-refractivity contribution in [2.75, 3.05) is 5.73 Å². The van der Waals surface area contributed by atoms with Gasteiger partial charge in [-0.25, -0.2) is 4.98 Å². The van der Waals surface area contributed by atoms with E-state index in [2.05, 4.69) is 23.4 Å². The van der Waals surface area contributed by atoms with E-state index >= 15 is 0 Å². The minimum atomic E-state index is 0.161. The van der Waals surface area contributed by atoms with E-state index in [0.29, 0.717) is 11.0 Å². The number of hydrogen-bond acceptors (Lipinski definition) is 3. The summed E-state index contributed by atoms with van der Waals surface area (Å²) in [5.74, 6) is 0.499. The number of anilines is 1. The lowest BCUT2D eigenvalue weighted by Gasteiger charge is -2.14. The second-order valence-corrected chi connectivity index (χ2v) is 5.53. The van der Waals surface area contributed by atoms with E-state index in [9.17, 15) is 0 Å². The molecular formula is C13H12ClN3S. The van der Waals surface area contributed by atoms with E-state index < -0.39 is 0 Å². The summed E-state index contributed by atoms with van der Waals surface area (Å²) < 4.78 is 2.02. The van der Waals surface area contributed by atoms with Crippen molar-refractivity contribution >= 4 is 39.9 Å². The van der Waals surface area contributed by atoms with Gasteiger partial charge in [-0.1, -0.05) is 23.7 Å². The van der Waals surface area contributed by atoms with Gasteiger partial charge in [-0.2, -0.15) is 0 Å². The molecule has 2 aromatic heterocycles. The monoisotopic (exact) mass is 277 g/mol. The van der Waals surface area contributed by atoms with Crippen molar-refractivity contribution in [1.82, 2.24) is 9.55 Å². The number of nitrogen functional groups attached to an aromatic ring is 1. The number of aromatic nitrogens is 2. The lowest BCUT2D eigenvalue weighted by Crippen LogP contribution is -2.08. The first-order valence-corrected chi connectivity index (χ1v) is 6.89. The molecule has 1 aromatic carbocycles. The van der Waals surface area contributed by atoms with Gasteiger partial charge in [-0.3, -0.25) is 0 Å². The molecular weight excluding hydrogens is 266 g/mol. The molecule has 0 bridgehead atoms. The molecule has 0 fully saturated rings. The summed E-state index contributed by atoms with van der Waals surface area (Å²) in [6.07, 6.45) is 0. The molecule has 0 saturated heterocycles. The van der Waals surface area contributed by atoms with Crippen LogP contribution in [0.5, 0.6) is 0 Å². The smallest absolute Gasteiger partial charge is 0.201 e. The van der Waals surface area contributed by atoms with Gasteiger partial charge in [0.1, 0.15) is 5.52 Å². The quantitative estimate of drug-likeness (QED) is 0.771. The van der Waals surface area contributed by atoms with Gasteiger partial charge in [-0.05, 0) is 30.5 Å². The van der Waals surface area contributed by atoms with Crippen molar-refractivity contribution in [2.45, 2.75) is 13.0 Å². The molecule has 3 nitrogen and oxygen atoms in total. The Hall–Kier alpha value is -1.52. The maximum absolute atomic E-state index is 6.14. The number of fused-ring (bicyclic) bond motifs is 1. The second-order valence-electron chi connectivity index (χ2n) is 4.14. The highest BCUT2D eigenvalue weighted by molar-refractivity contribution is 7.10. The molecule has 0 spiro atoms. The first-order chi connectivity index (χ1) is 8.68. The van der Waals surface area contributed by atoms with Crippen LogP contribution in [0.1, 0.15) is 17.8 Å². The predicted molar refractivity (Wildman–Crippen MR) is 77.3 cm³/mol. The molecule has 1 atom stereocenters. The number of nitrogens with two attached hydrogens (primary N) is 1. The van der Waals surface area contributed by atoms with Gasteiger partial charge in [-0.15, -0.1) is 11.3 Å². The summed E-state index contributed by atoms with van der Waals surface area (Å²) in [4.78, 5) is 5.61. The van der Waals surface area contributed by atoms with E-state index in [0.717, 1.165) is 11.0 Å². The molecule has 0 aliphatic carbocycles. The maximum Gasteiger partial charge on any atom is 0.201 e. The molecule has 3 aromatic rings. The Labute approximate surface area is 114 Å². The van der Waals surface area contributed by atoms with Crippen molar-refractivity contribution in [3.63, 3.8) is 0 Å².